The molecule has 0 spiro atoms. The van der Waals surface area contributed by atoms with Gasteiger partial charge in [0.2, 0.25) is 0 Å². The molecular weight excluding hydrogens is 361 g/mol. The smallest absolute Gasteiger partial charge is 0.263 e. The predicted molar refractivity (Wildman–Crippen MR) is 80.5 cm³/mol. The first-order valence-corrected chi connectivity index (χ1v) is 7.88. The fraction of sp³-hybridized carbons (Fsp3) is 0. The van der Waals surface area contributed by atoms with Crippen LogP contribution in [0.25, 0.3) is 0 Å². The lowest BCUT2D eigenvalue weighted by molar-refractivity contribution is 0.601. The van der Waals surface area contributed by atoms with Crippen LogP contribution in [0.4, 0.5) is 15.8 Å². The molecule has 0 radical (unpaired) electrons. The second-order valence-corrected chi connectivity index (χ2v) is 6.60. The number of nitrogens with zero attached hydrogens (tertiary/aromatic N) is 1. The van der Waals surface area contributed by atoms with E-state index in [2.05, 4.69) is 20.7 Å². The number of halogens is 2. The zero-order valence-electron chi connectivity index (χ0n) is 10.5. The lowest BCUT2D eigenvalue weighted by Gasteiger charge is -2.10. The molecule has 5 nitrogen and oxygen atoms in total. The Morgan fingerprint density at radius 2 is 1.95 bits per heavy atom. The van der Waals surface area contributed by atoms with Gasteiger partial charge in [-0.25, -0.2) is 12.8 Å². The molecule has 0 aliphatic heterocycles. The van der Waals surface area contributed by atoms with Crippen LogP contribution in [0.2, 0.25) is 0 Å². The summed E-state index contributed by atoms with van der Waals surface area (Å²) >= 11 is 2.97. The van der Waals surface area contributed by atoms with E-state index in [0.29, 0.717) is 0 Å². The van der Waals surface area contributed by atoms with Gasteiger partial charge in [-0.3, -0.25) is 4.72 Å². The third kappa shape index (κ3) is 3.32. The average molecular weight is 370 g/mol. The second-order valence-electron chi connectivity index (χ2n) is 4.10. The number of benzene rings is 2. The summed E-state index contributed by atoms with van der Waals surface area (Å²) in [4.78, 5) is -0.151. The number of hydrogen-bond donors (Lipinski definition) is 2. The first-order valence-electron chi connectivity index (χ1n) is 5.61. The molecule has 2 aromatic rings. The highest BCUT2D eigenvalue weighted by Crippen LogP contribution is 2.25. The van der Waals surface area contributed by atoms with Gasteiger partial charge in [0.05, 0.1) is 27.5 Å². The van der Waals surface area contributed by atoms with Gasteiger partial charge < -0.3 is 5.73 Å². The third-order valence-corrected chi connectivity index (χ3v) is 4.66. The van der Waals surface area contributed by atoms with Crippen LogP contribution >= 0.6 is 15.9 Å². The number of nitrogens with one attached hydrogen (secondary N) is 1. The number of hydrogen-bond acceptors (Lipinski definition) is 4. The minimum Gasteiger partial charge on any atom is -0.398 e. The highest BCUT2D eigenvalue weighted by molar-refractivity contribution is 9.10. The van der Waals surface area contributed by atoms with Crippen molar-refractivity contribution >= 4 is 37.3 Å². The molecule has 21 heavy (non-hydrogen) atoms. The molecule has 0 saturated carbocycles. The van der Waals surface area contributed by atoms with Gasteiger partial charge in [0.1, 0.15) is 10.7 Å². The highest BCUT2D eigenvalue weighted by atomic mass is 79.9. The Morgan fingerprint density at radius 3 is 2.52 bits per heavy atom. The van der Waals surface area contributed by atoms with Crippen LogP contribution in [0, 0.1) is 17.1 Å². The first-order chi connectivity index (χ1) is 9.83. The molecule has 0 unspecified atom stereocenters. The van der Waals surface area contributed by atoms with Crippen LogP contribution < -0.4 is 10.5 Å². The molecule has 3 N–H and O–H groups in total. The molecule has 0 bridgehead atoms. The minimum atomic E-state index is -3.93. The van der Waals surface area contributed by atoms with Crippen molar-refractivity contribution in [2.75, 3.05) is 10.5 Å². The molecule has 2 aromatic carbocycles. The fourth-order valence-electron chi connectivity index (χ4n) is 1.63. The SMILES string of the molecule is N#Cc1ccc(S(=O)(=O)Nc2ccc(F)c(Br)c2)c(N)c1. The number of anilines is 2. The number of rotatable bonds is 3. The van der Waals surface area contributed by atoms with Crippen molar-refractivity contribution < 1.29 is 12.8 Å². The zero-order valence-corrected chi connectivity index (χ0v) is 12.9. The van der Waals surface area contributed by atoms with Crippen molar-refractivity contribution in [3.05, 3.63) is 52.3 Å². The van der Waals surface area contributed by atoms with E-state index in [1.165, 1.54) is 30.3 Å². The van der Waals surface area contributed by atoms with Crippen molar-refractivity contribution in [3.63, 3.8) is 0 Å². The van der Waals surface area contributed by atoms with Crippen LogP contribution in [-0.2, 0) is 10.0 Å². The maximum Gasteiger partial charge on any atom is 0.263 e. The van der Waals surface area contributed by atoms with Gasteiger partial charge >= 0.3 is 0 Å². The van der Waals surface area contributed by atoms with Crippen LogP contribution in [0.15, 0.2) is 45.8 Å². The van der Waals surface area contributed by atoms with Gasteiger partial charge in [-0.05, 0) is 52.3 Å². The number of nitrogen functional groups attached to an aromatic ring is 1. The van der Waals surface area contributed by atoms with E-state index in [0.717, 1.165) is 6.07 Å². The lowest BCUT2D eigenvalue weighted by Crippen LogP contribution is -2.15. The molecule has 0 aliphatic carbocycles. The van der Waals surface area contributed by atoms with E-state index in [4.69, 9.17) is 11.0 Å². The predicted octanol–water partition coefficient (Wildman–Crippen LogP) is 2.84. The van der Waals surface area contributed by atoms with Gasteiger partial charge in [0.25, 0.3) is 10.0 Å². The van der Waals surface area contributed by atoms with Crippen LogP contribution in [0.3, 0.4) is 0 Å². The molecule has 0 heterocycles. The van der Waals surface area contributed by atoms with Crippen LogP contribution in [0.1, 0.15) is 5.56 Å². The van der Waals surface area contributed by atoms with E-state index >= 15 is 0 Å². The summed E-state index contributed by atoms with van der Waals surface area (Å²) in [5.74, 6) is -0.504. The van der Waals surface area contributed by atoms with Crippen molar-refractivity contribution in [1.29, 1.82) is 5.26 Å². The Balaban J connectivity index is 2.38. The van der Waals surface area contributed by atoms with Crippen LogP contribution in [-0.4, -0.2) is 8.42 Å². The Kier molecular flexibility index (Phi) is 4.16. The number of sulfonamides is 1. The van der Waals surface area contributed by atoms with Gasteiger partial charge in [0.15, 0.2) is 0 Å². The van der Waals surface area contributed by atoms with E-state index in [9.17, 15) is 12.8 Å². The minimum absolute atomic E-state index is 0.0391. The monoisotopic (exact) mass is 369 g/mol. The first kappa shape index (κ1) is 15.3. The Labute approximate surface area is 129 Å². The number of nitrogens with two attached hydrogens (primary N) is 1. The largest absolute Gasteiger partial charge is 0.398 e. The Hall–Kier alpha value is -2.11. The maximum atomic E-state index is 13.1. The van der Waals surface area contributed by atoms with Crippen molar-refractivity contribution in [2.45, 2.75) is 4.90 Å². The summed E-state index contributed by atoms with van der Waals surface area (Å²) in [6.07, 6.45) is 0. The van der Waals surface area contributed by atoms with Gasteiger partial charge in [-0.2, -0.15) is 5.26 Å². The summed E-state index contributed by atoms with van der Waals surface area (Å²) in [6, 6.07) is 9.45. The topological polar surface area (TPSA) is 96.0 Å². The summed E-state index contributed by atoms with van der Waals surface area (Å²) in [7, 11) is -3.93. The molecule has 8 heteroatoms. The van der Waals surface area contributed by atoms with Crippen LogP contribution in [0.5, 0.6) is 0 Å². The normalized spacial score (nSPS) is 10.9. The van der Waals surface area contributed by atoms with E-state index in [-0.39, 0.29) is 26.3 Å². The molecule has 0 amide bonds. The van der Waals surface area contributed by atoms with E-state index in [1.807, 2.05) is 6.07 Å². The van der Waals surface area contributed by atoms with Gasteiger partial charge in [0, 0.05) is 0 Å². The number of nitriles is 1. The van der Waals surface area contributed by atoms with Crippen molar-refractivity contribution in [2.24, 2.45) is 0 Å². The second kappa shape index (κ2) is 5.71. The molecule has 0 saturated heterocycles. The summed E-state index contributed by atoms with van der Waals surface area (Å²) < 4.78 is 40.0. The molecule has 0 fully saturated rings. The van der Waals surface area contributed by atoms with Crippen molar-refractivity contribution in [1.82, 2.24) is 0 Å². The Morgan fingerprint density at radius 1 is 1.24 bits per heavy atom. The molecule has 0 aliphatic rings. The maximum absolute atomic E-state index is 13.1. The summed E-state index contributed by atoms with van der Waals surface area (Å²) in [5, 5.41) is 8.74. The van der Waals surface area contributed by atoms with Gasteiger partial charge in [-0.15, -0.1) is 0 Å². The standard InChI is InChI=1S/C13H9BrFN3O2S/c14-10-6-9(2-3-11(10)15)18-21(19,20)13-4-1-8(7-16)5-12(13)17/h1-6,18H,17H2. The molecule has 0 aromatic heterocycles. The average Bonchev–Trinajstić information content (AvgIpc) is 2.42. The zero-order chi connectivity index (χ0) is 15.6. The summed E-state index contributed by atoms with van der Waals surface area (Å²) in [5.41, 5.74) is 6.06. The molecule has 108 valence electrons. The van der Waals surface area contributed by atoms with Gasteiger partial charge in [-0.1, -0.05) is 0 Å². The molecular formula is C13H9BrFN3O2S. The van der Waals surface area contributed by atoms with E-state index < -0.39 is 15.8 Å². The molecule has 2 rings (SSSR count). The highest BCUT2D eigenvalue weighted by Gasteiger charge is 2.18. The van der Waals surface area contributed by atoms with Crippen molar-refractivity contribution in [3.8, 4) is 6.07 Å². The third-order valence-electron chi connectivity index (χ3n) is 2.60. The Bertz CT molecular complexity index is 847. The fourth-order valence-corrected chi connectivity index (χ4v) is 3.17. The van der Waals surface area contributed by atoms with E-state index in [1.54, 1.807) is 0 Å². The lowest BCUT2D eigenvalue weighted by atomic mass is 10.2. The quantitative estimate of drug-likeness (QED) is 0.812. The summed E-state index contributed by atoms with van der Waals surface area (Å²) in [6.45, 7) is 0. The molecule has 0 atom stereocenters.